The number of nitrogens with zero attached hydrogens (tertiary/aromatic N) is 1. The Hall–Kier alpha value is -2.82. The second-order valence-electron chi connectivity index (χ2n) is 6.85. The maximum atomic E-state index is 12.8. The summed E-state index contributed by atoms with van der Waals surface area (Å²) in [6.45, 7) is 3.11. The number of likely N-dealkylation sites (tertiary alicyclic amines) is 1. The number of Topliss-reactive ketones (excluding diaryl/α,β-unsaturated/α-hetero) is 1. The molecule has 1 amide bonds. The molecule has 27 heavy (non-hydrogen) atoms. The number of hydrogen-bond donors (Lipinski definition) is 0. The van der Waals surface area contributed by atoms with Gasteiger partial charge in [0.1, 0.15) is 11.5 Å². The van der Waals surface area contributed by atoms with Crippen molar-refractivity contribution in [3.63, 3.8) is 0 Å². The molecule has 1 aliphatic heterocycles. The third-order valence-corrected chi connectivity index (χ3v) is 5.15. The lowest BCUT2D eigenvalue weighted by atomic mass is 9.88. The van der Waals surface area contributed by atoms with Crippen molar-refractivity contribution < 1.29 is 19.1 Å². The predicted molar refractivity (Wildman–Crippen MR) is 104 cm³/mol. The van der Waals surface area contributed by atoms with E-state index in [1.165, 1.54) is 0 Å². The van der Waals surface area contributed by atoms with E-state index in [1.54, 1.807) is 26.4 Å². The zero-order chi connectivity index (χ0) is 19.4. The third-order valence-electron chi connectivity index (χ3n) is 5.15. The van der Waals surface area contributed by atoms with Gasteiger partial charge in [0.15, 0.2) is 5.78 Å². The summed E-state index contributed by atoms with van der Waals surface area (Å²) in [7, 11) is 3.21. The van der Waals surface area contributed by atoms with E-state index in [-0.39, 0.29) is 17.6 Å². The van der Waals surface area contributed by atoms with Crippen LogP contribution in [0.3, 0.4) is 0 Å². The Morgan fingerprint density at radius 3 is 2.33 bits per heavy atom. The number of rotatable bonds is 5. The van der Waals surface area contributed by atoms with Gasteiger partial charge in [0.2, 0.25) is 0 Å². The standard InChI is InChI=1S/C22H25NO4/c1-15-13-17(7-8-20(15)27-3)21(24)16-9-11-23(12-10-16)22(25)18-5-4-6-19(14-18)26-2/h4-8,13-14,16H,9-12H2,1-3H3. The lowest BCUT2D eigenvalue weighted by Crippen LogP contribution is -2.40. The first-order valence-electron chi connectivity index (χ1n) is 9.15. The summed E-state index contributed by atoms with van der Waals surface area (Å²) >= 11 is 0. The molecule has 0 saturated carbocycles. The average molecular weight is 367 g/mol. The van der Waals surface area contributed by atoms with E-state index in [1.807, 2.05) is 42.2 Å². The van der Waals surface area contributed by atoms with Gasteiger partial charge in [0.05, 0.1) is 14.2 Å². The normalized spacial score (nSPS) is 14.7. The Bertz CT molecular complexity index is 838. The monoisotopic (exact) mass is 367 g/mol. The molecule has 2 aromatic carbocycles. The first kappa shape index (κ1) is 19.0. The minimum absolute atomic E-state index is 0.0138. The van der Waals surface area contributed by atoms with Crippen LogP contribution in [0.15, 0.2) is 42.5 Å². The Labute approximate surface area is 159 Å². The van der Waals surface area contributed by atoms with Crippen LogP contribution < -0.4 is 9.47 Å². The summed E-state index contributed by atoms with van der Waals surface area (Å²) in [5.41, 5.74) is 2.28. The van der Waals surface area contributed by atoms with Gasteiger partial charge >= 0.3 is 0 Å². The molecule has 142 valence electrons. The summed E-state index contributed by atoms with van der Waals surface area (Å²) in [6.07, 6.45) is 1.36. The first-order valence-corrected chi connectivity index (χ1v) is 9.15. The maximum Gasteiger partial charge on any atom is 0.253 e. The highest BCUT2D eigenvalue weighted by molar-refractivity contribution is 5.99. The predicted octanol–water partition coefficient (Wildman–Crippen LogP) is 3.75. The summed E-state index contributed by atoms with van der Waals surface area (Å²) in [6, 6.07) is 12.7. The molecule has 5 nitrogen and oxygen atoms in total. The molecule has 0 aliphatic carbocycles. The lowest BCUT2D eigenvalue weighted by molar-refractivity contribution is 0.0650. The zero-order valence-corrected chi connectivity index (χ0v) is 16.0. The van der Waals surface area contributed by atoms with E-state index < -0.39 is 0 Å². The third kappa shape index (κ3) is 4.13. The van der Waals surface area contributed by atoms with Gasteiger partial charge in [-0.2, -0.15) is 0 Å². The number of benzene rings is 2. The Balaban J connectivity index is 1.63. The fourth-order valence-electron chi connectivity index (χ4n) is 3.55. The SMILES string of the molecule is COc1cccc(C(=O)N2CCC(C(=O)c3ccc(OC)c(C)c3)CC2)c1. The van der Waals surface area contributed by atoms with Crippen molar-refractivity contribution in [3.8, 4) is 11.5 Å². The minimum atomic E-state index is -0.0489. The largest absolute Gasteiger partial charge is 0.497 e. The van der Waals surface area contributed by atoms with E-state index in [0.29, 0.717) is 42.8 Å². The molecule has 0 N–H and O–H groups in total. The molecule has 3 rings (SSSR count). The summed E-state index contributed by atoms with van der Waals surface area (Å²) in [5, 5.41) is 0. The Kier molecular flexibility index (Phi) is 5.79. The highest BCUT2D eigenvalue weighted by Gasteiger charge is 2.28. The number of carbonyl (C=O) groups is 2. The van der Waals surface area contributed by atoms with E-state index in [2.05, 4.69) is 0 Å². The average Bonchev–Trinajstić information content (AvgIpc) is 2.72. The van der Waals surface area contributed by atoms with E-state index in [4.69, 9.17) is 9.47 Å². The number of ether oxygens (including phenoxy) is 2. The molecule has 0 spiro atoms. The van der Waals surface area contributed by atoms with Crippen molar-refractivity contribution in [1.29, 1.82) is 0 Å². The number of aryl methyl sites for hydroxylation is 1. The van der Waals surface area contributed by atoms with Crippen molar-refractivity contribution in [2.45, 2.75) is 19.8 Å². The summed E-state index contributed by atoms with van der Waals surface area (Å²) < 4.78 is 10.5. The number of amides is 1. The van der Waals surface area contributed by atoms with Crippen LogP contribution in [0.4, 0.5) is 0 Å². The first-order chi connectivity index (χ1) is 13.0. The number of ketones is 1. The fraction of sp³-hybridized carbons (Fsp3) is 0.364. The van der Waals surface area contributed by atoms with Crippen LogP contribution in [0, 0.1) is 12.8 Å². The van der Waals surface area contributed by atoms with Crippen molar-refractivity contribution in [2.24, 2.45) is 5.92 Å². The van der Waals surface area contributed by atoms with Crippen LogP contribution in [0.2, 0.25) is 0 Å². The number of methoxy groups -OCH3 is 2. The Morgan fingerprint density at radius 2 is 1.70 bits per heavy atom. The molecule has 1 fully saturated rings. The van der Waals surface area contributed by atoms with Gasteiger partial charge in [0, 0.05) is 30.1 Å². The number of hydrogen-bond acceptors (Lipinski definition) is 4. The van der Waals surface area contributed by atoms with Gasteiger partial charge in [-0.3, -0.25) is 9.59 Å². The van der Waals surface area contributed by atoms with E-state index in [0.717, 1.165) is 11.3 Å². The quantitative estimate of drug-likeness (QED) is 0.756. The second kappa shape index (κ2) is 8.25. The molecule has 0 unspecified atom stereocenters. The molecule has 1 aliphatic rings. The summed E-state index contributed by atoms with van der Waals surface area (Å²) in [5.74, 6) is 1.53. The van der Waals surface area contributed by atoms with Crippen molar-refractivity contribution in [1.82, 2.24) is 4.90 Å². The highest BCUT2D eigenvalue weighted by Crippen LogP contribution is 2.26. The van der Waals surface area contributed by atoms with Gasteiger partial charge in [-0.1, -0.05) is 6.07 Å². The highest BCUT2D eigenvalue weighted by atomic mass is 16.5. The van der Waals surface area contributed by atoms with Gasteiger partial charge in [-0.25, -0.2) is 0 Å². The fourth-order valence-corrected chi connectivity index (χ4v) is 3.55. The number of carbonyl (C=O) groups excluding carboxylic acids is 2. The smallest absolute Gasteiger partial charge is 0.253 e. The van der Waals surface area contributed by atoms with Crippen LogP contribution >= 0.6 is 0 Å². The molecule has 2 aromatic rings. The van der Waals surface area contributed by atoms with Crippen LogP contribution in [-0.2, 0) is 0 Å². The molecule has 0 bridgehead atoms. The summed E-state index contributed by atoms with van der Waals surface area (Å²) in [4.78, 5) is 27.3. The molecule has 0 radical (unpaired) electrons. The van der Waals surface area contributed by atoms with E-state index >= 15 is 0 Å². The van der Waals surface area contributed by atoms with Crippen LogP contribution in [0.25, 0.3) is 0 Å². The number of piperidine rings is 1. The molecule has 5 heteroatoms. The zero-order valence-electron chi connectivity index (χ0n) is 16.0. The second-order valence-corrected chi connectivity index (χ2v) is 6.85. The van der Waals surface area contributed by atoms with Gasteiger partial charge in [-0.05, 0) is 61.7 Å². The molecule has 0 atom stereocenters. The molecular weight excluding hydrogens is 342 g/mol. The van der Waals surface area contributed by atoms with Crippen LogP contribution in [0.1, 0.15) is 39.1 Å². The minimum Gasteiger partial charge on any atom is -0.497 e. The Morgan fingerprint density at radius 1 is 0.963 bits per heavy atom. The van der Waals surface area contributed by atoms with Gasteiger partial charge in [0.25, 0.3) is 5.91 Å². The maximum absolute atomic E-state index is 12.8. The van der Waals surface area contributed by atoms with Crippen LogP contribution in [-0.4, -0.2) is 43.9 Å². The van der Waals surface area contributed by atoms with E-state index in [9.17, 15) is 9.59 Å². The molecular formula is C22H25NO4. The van der Waals surface area contributed by atoms with Crippen LogP contribution in [0.5, 0.6) is 11.5 Å². The van der Waals surface area contributed by atoms with Crippen molar-refractivity contribution in [3.05, 3.63) is 59.2 Å². The topological polar surface area (TPSA) is 55.8 Å². The molecule has 1 saturated heterocycles. The van der Waals surface area contributed by atoms with Crippen molar-refractivity contribution in [2.75, 3.05) is 27.3 Å². The van der Waals surface area contributed by atoms with Crippen molar-refractivity contribution >= 4 is 11.7 Å². The van der Waals surface area contributed by atoms with Gasteiger partial charge in [-0.15, -0.1) is 0 Å². The lowest BCUT2D eigenvalue weighted by Gasteiger charge is -2.31. The van der Waals surface area contributed by atoms with Gasteiger partial charge < -0.3 is 14.4 Å². The molecule has 1 heterocycles. The molecule has 0 aromatic heterocycles.